The minimum absolute atomic E-state index is 0. The molecule has 0 saturated heterocycles. The second-order valence-electron chi connectivity index (χ2n) is 0.408. The summed E-state index contributed by atoms with van der Waals surface area (Å²) in [6, 6.07) is 0. The maximum atomic E-state index is 8.52. The molecule has 7 heteroatoms. The third kappa shape index (κ3) is 253. The summed E-state index contributed by atoms with van der Waals surface area (Å²) >= 11 is 0. The van der Waals surface area contributed by atoms with E-state index in [9.17, 15) is 0 Å². The first-order valence-corrected chi connectivity index (χ1v) is 2.00. The van der Waals surface area contributed by atoms with E-state index in [4.69, 9.17) is 17.5 Å². The van der Waals surface area contributed by atoms with E-state index in [-0.39, 0.29) is 31.9 Å². The molecule has 0 atom stereocenters. The topological polar surface area (TPSA) is 80.3 Å². The zero-order valence-corrected chi connectivity index (χ0v) is 7.76. The van der Waals surface area contributed by atoms with Crippen LogP contribution in [0.25, 0.3) is 0 Å². The molecule has 0 heterocycles. The molecule has 0 aliphatic carbocycles. The molecule has 0 rings (SSSR count). The van der Waals surface area contributed by atoms with Gasteiger partial charge in [-0.3, -0.25) is 8.42 Å². The van der Waals surface area contributed by atoms with Crippen LogP contribution in [0.3, 0.4) is 0 Å². The smallest absolute Gasteiger partial charge is 0.759 e. The first-order chi connectivity index (χ1) is 2.00. The molecule has 0 aliphatic heterocycles. The van der Waals surface area contributed by atoms with Crippen LogP contribution in [0.15, 0.2) is 0 Å². The van der Waals surface area contributed by atoms with Crippen molar-refractivity contribution in [2.75, 3.05) is 0 Å². The van der Waals surface area contributed by atoms with Crippen LogP contribution in [0.4, 0.5) is 0 Å². The fourth-order valence-electron chi connectivity index (χ4n) is 0. The van der Waals surface area contributed by atoms with Gasteiger partial charge in [0.1, 0.15) is 0 Å². The SMILES string of the molecule is Cl.O=S(=O)([O-])[O-].[Zn+2]. The summed E-state index contributed by atoms with van der Waals surface area (Å²) in [6.07, 6.45) is 0. The van der Waals surface area contributed by atoms with Crippen molar-refractivity contribution in [3.63, 3.8) is 0 Å². The van der Waals surface area contributed by atoms with Crippen LogP contribution in [0, 0.1) is 0 Å². The van der Waals surface area contributed by atoms with Gasteiger partial charge in [0.05, 0.1) is 0 Å². The van der Waals surface area contributed by atoms with Gasteiger partial charge in [0.2, 0.25) is 0 Å². The molecule has 0 unspecified atom stereocenters. The average Bonchev–Trinajstić information content (AvgIpc) is 0.722. The molecule has 0 spiro atoms. The number of halogens is 1. The molecule has 0 aromatic carbocycles. The normalized spacial score (nSPS) is 8.29. The standard InChI is InChI=1S/ClH.H2O4S.Zn/c;1-5(2,3)4;/h1H;(H2,1,2,3,4);/q;;+2/p-2. The molecule has 0 bridgehead atoms. The molecule has 0 aromatic rings. The Morgan fingerprint density at radius 2 is 1.14 bits per heavy atom. The zero-order chi connectivity index (χ0) is 4.50. The third-order valence-electron chi connectivity index (χ3n) is 0. The first kappa shape index (κ1) is 15.7. The van der Waals surface area contributed by atoms with E-state index in [0.29, 0.717) is 0 Å². The number of hydrogen-bond acceptors (Lipinski definition) is 4. The van der Waals surface area contributed by atoms with E-state index in [0.717, 1.165) is 0 Å². The second-order valence-corrected chi connectivity index (χ2v) is 1.22. The van der Waals surface area contributed by atoms with E-state index in [1.165, 1.54) is 0 Å². The van der Waals surface area contributed by atoms with Crippen LogP contribution in [0.5, 0.6) is 0 Å². The zero-order valence-electron chi connectivity index (χ0n) is 3.16. The van der Waals surface area contributed by atoms with Gasteiger partial charge in [0, 0.05) is 10.4 Å². The summed E-state index contributed by atoms with van der Waals surface area (Å²) in [4.78, 5) is 0. The molecule has 0 radical (unpaired) electrons. The summed E-state index contributed by atoms with van der Waals surface area (Å²) in [5.74, 6) is 0. The van der Waals surface area contributed by atoms with Gasteiger partial charge in [-0.05, 0) is 0 Å². The van der Waals surface area contributed by atoms with Crippen molar-refractivity contribution in [3.8, 4) is 0 Å². The maximum absolute atomic E-state index is 8.52. The Morgan fingerprint density at radius 1 is 1.14 bits per heavy atom. The summed E-state index contributed by atoms with van der Waals surface area (Å²) in [5, 5.41) is 0. The van der Waals surface area contributed by atoms with Crippen molar-refractivity contribution >= 4 is 22.8 Å². The van der Waals surface area contributed by atoms with Gasteiger partial charge < -0.3 is 9.11 Å². The Kier molecular flexibility index (Phi) is 11.0. The van der Waals surface area contributed by atoms with Crippen molar-refractivity contribution < 1.29 is 37.0 Å². The molecule has 7 heavy (non-hydrogen) atoms. The Morgan fingerprint density at radius 3 is 1.14 bits per heavy atom. The molecule has 0 aliphatic rings. The second kappa shape index (κ2) is 4.93. The van der Waals surface area contributed by atoms with Crippen LogP contribution in [-0.4, -0.2) is 17.5 Å². The van der Waals surface area contributed by atoms with Crippen molar-refractivity contribution in [2.45, 2.75) is 0 Å². The van der Waals surface area contributed by atoms with E-state index in [1.54, 1.807) is 0 Å². The molecule has 0 N–H and O–H groups in total. The molecule has 0 amide bonds. The summed E-state index contributed by atoms with van der Waals surface area (Å²) in [7, 11) is -5.17. The molecule has 40 valence electrons. The van der Waals surface area contributed by atoms with Gasteiger partial charge in [-0.25, -0.2) is 0 Å². The van der Waals surface area contributed by atoms with Gasteiger partial charge in [-0.15, -0.1) is 12.4 Å². The summed E-state index contributed by atoms with van der Waals surface area (Å²) in [5.41, 5.74) is 0. The predicted octanol–water partition coefficient (Wildman–Crippen LogP) is -0.919. The molecule has 0 saturated carbocycles. The Bertz CT molecular complexity index is 94.9. The minimum Gasteiger partial charge on any atom is -0.759 e. The molecule has 4 nitrogen and oxygen atoms in total. The third-order valence-corrected chi connectivity index (χ3v) is 0. The van der Waals surface area contributed by atoms with Gasteiger partial charge in [-0.1, -0.05) is 0 Å². The quantitative estimate of drug-likeness (QED) is 0.286. The van der Waals surface area contributed by atoms with Crippen LogP contribution in [0.1, 0.15) is 0 Å². The van der Waals surface area contributed by atoms with Crippen LogP contribution >= 0.6 is 12.4 Å². The largest absolute Gasteiger partial charge is 2.00 e. The fraction of sp³-hybridized carbons (Fsp3) is 0. The van der Waals surface area contributed by atoms with E-state index < -0.39 is 10.4 Å². The fourth-order valence-corrected chi connectivity index (χ4v) is 0. The van der Waals surface area contributed by atoms with Gasteiger partial charge >= 0.3 is 19.5 Å². The van der Waals surface area contributed by atoms with Crippen molar-refractivity contribution in [2.24, 2.45) is 0 Å². The molecular formula is HClO4SZn. The van der Waals surface area contributed by atoms with Crippen LogP contribution < -0.4 is 0 Å². The van der Waals surface area contributed by atoms with Gasteiger partial charge in [0.25, 0.3) is 0 Å². The molecule has 0 fully saturated rings. The minimum atomic E-state index is -5.17. The van der Waals surface area contributed by atoms with Gasteiger partial charge in [-0.2, -0.15) is 0 Å². The first-order valence-electron chi connectivity index (χ1n) is 0.667. The van der Waals surface area contributed by atoms with Crippen LogP contribution in [-0.2, 0) is 29.9 Å². The summed E-state index contributed by atoms with van der Waals surface area (Å²) in [6.45, 7) is 0. The summed E-state index contributed by atoms with van der Waals surface area (Å²) < 4.78 is 34.1. The van der Waals surface area contributed by atoms with Gasteiger partial charge in [0.15, 0.2) is 0 Å². The van der Waals surface area contributed by atoms with E-state index >= 15 is 0 Å². The monoisotopic (exact) mass is 196 g/mol. The predicted molar refractivity (Wildman–Crippen MR) is 17.7 cm³/mol. The Balaban J connectivity index is -0.0000000800. The van der Waals surface area contributed by atoms with E-state index in [1.807, 2.05) is 0 Å². The van der Waals surface area contributed by atoms with Crippen molar-refractivity contribution in [1.29, 1.82) is 0 Å². The van der Waals surface area contributed by atoms with Crippen LogP contribution in [0.2, 0.25) is 0 Å². The average molecular weight is 198 g/mol. The van der Waals surface area contributed by atoms with Crippen molar-refractivity contribution in [3.05, 3.63) is 0 Å². The maximum Gasteiger partial charge on any atom is 2.00 e. The molecular weight excluding hydrogens is 197 g/mol. The molecule has 0 aromatic heterocycles. The number of rotatable bonds is 0. The Labute approximate surface area is 60.0 Å². The Hall–Kier alpha value is 0.783. The van der Waals surface area contributed by atoms with E-state index in [2.05, 4.69) is 0 Å². The number of hydrogen-bond donors (Lipinski definition) is 0. The van der Waals surface area contributed by atoms with Crippen molar-refractivity contribution in [1.82, 2.24) is 0 Å².